The molecule has 0 bridgehead atoms. The molecule has 1 fully saturated rings. The number of hydrogen-bond acceptors (Lipinski definition) is 4. The van der Waals surface area contributed by atoms with Crippen molar-refractivity contribution in [1.82, 2.24) is 5.32 Å². The molecule has 1 aromatic rings. The molecule has 0 heterocycles. The van der Waals surface area contributed by atoms with Crippen LogP contribution in [0, 0.1) is 0 Å². The summed E-state index contributed by atoms with van der Waals surface area (Å²) in [6.45, 7) is 0.718. The van der Waals surface area contributed by atoms with E-state index in [1.165, 1.54) is 6.42 Å². The molecular formula is C15H23NO3. The molecule has 4 nitrogen and oxygen atoms in total. The molecule has 19 heavy (non-hydrogen) atoms. The summed E-state index contributed by atoms with van der Waals surface area (Å²) in [7, 11) is 3.30. The zero-order valence-electron chi connectivity index (χ0n) is 11.7. The summed E-state index contributed by atoms with van der Waals surface area (Å²) >= 11 is 0. The highest BCUT2D eigenvalue weighted by Gasteiger charge is 2.22. The van der Waals surface area contributed by atoms with Gasteiger partial charge >= 0.3 is 0 Å². The Balaban J connectivity index is 1.98. The van der Waals surface area contributed by atoms with Gasteiger partial charge in [-0.3, -0.25) is 0 Å². The number of ether oxygens (including phenoxy) is 2. The summed E-state index contributed by atoms with van der Waals surface area (Å²) in [5.41, 5.74) is 1.11. The highest BCUT2D eigenvalue weighted by molar-refractivity contribution is 5.38. The number of benzene rings is 1. The van der Waals surface area contributed by atoms with Crippen LogP contribution in [0.3, 0.4) is 0 Å². The summed E-state index contributed by atoms with van der Waals surface area (Å²) < 4.78 is 10.5. The molecule has 1 aromatic carbocycles. The average molecular weight is 265 g/mol. The Kier molecular flexibility index (Phi) is 5.05. The predicted molar refractivity (Wildman–Crippen MR) is 74.6 cm³/mol. The minimum absolute atomic E-state index is 0.200. The van der Waals surface area contributed by atoms with Gasteiger partial charge in [0.1, 0.15) is 11.5 Å². The van der Waals surface area contributed by atoms with Gasteiger partial charge in [-0.25, -0.2) is 0 Å². The number of hydrogen-bond donors (Lipinski definition) is 2. The van der Waals surface area contributed by atoms with Crippen LogP contribution >= 0.6 is 0 Å². The maximum atomic E-state index is 9.94. The van der Waals surface area contributed by atoms with Gasteiger partial charge in [-0.05, 0) is 30.5 Å². The molecule has 0 aliphatic heterocycles. The molecule has 2 unspecified atom stereocenters. The van der Waals surface area contributed by atoms with E-state index in [1.807, 2.05) is 18.2 Å². The molecule has 1 saturated carbocycles. The first kappa shape index (κ1) is 14.2. The Morgan fingerprint density at radius 2 is 1.74 bits per heavy atom. The van der Waals surface area contributed by atoms with E-state index >= 15 is 0 Å². The van der Waals surface area contributed by atoms with Crippen LogP contribution in [0.25, 0.3) is 0 Å². The van der Waals surface area contributed by atoms with E-state index in [9.17, 15) is 5.11 Å². The summed E-state index contributed by atoms with van der Waals surface area (Å²) in [6, 6.07) is 6.04. The van der Waals surface area contributed by atoms with Crippen LogP contribution < -0.4 is 14.8 Å². The van der Waals surface area contributed by atoms with Crippen molar-refractivity contribution in [3.63, 3.8) is 0 Å². The van der Waals surface area contributed by atoms with Crippen molar-refractivity contribution in [3.05, 3.63) is 23.8 Å². The minimum Gasteiger partial charge on any atom is -0.497 e. The van der Waals surface area contributed by atoms with Crippen LogP contribution in [0.5, 0.6) is 11.5 Å². The number of nitrogens with one attached hydrogen (secondary N) is 1. The van der Waals surface area contributed by atoms with Gasteiger partial charge in [0.2, 0.25) is 0 Å². The van der Waals surface area contributed by atoms with E-state index in [0.717, 1.165) is 42.9 Å². The molecule has 1 aliphatic carbocycles. The van der Waals surface area contributed by atoms with Gasteiger partial charge in [-0.1, -0.05) is 12.8 Å². The first-order valence-electron chi connectivity index (χ1n) is 6.86. The maximum absolute atomic E-state index is 9.94. The maximum Gasteiger partial charge on any atom is 0.122 e. The molecule has 2 N–H and O–H groups in total. The monoisotopic (exact) mass is 265 g/mol. The second-order valence-electron chi connectivity index (χ2n) is 5.06. The summed E-state index contributed by atoms with van der Waals surface area (Å²) in [5, 5.41) is 13.4. The van der Waals surface area contributed by atoms with Gasteiger partial charge < -0.3 is 19.9 Å². The molecule has 4 heteroatoms. The van der Waals surface area contributed by atoms with Gasteiger partial charge in [-0.15, -0.1) is 0 Å². The molecule has 0 amide bonds. The largest absolute Gasteiger partial charge is 0.497 e. The average Bonchev–Trinajstić information content (AvgIpc) is 2.46. The SMILES string of the molecule is COc1cc(CNC2CCCCC2O)cc(OC)c1. The molecule has 0 spiro atoms. The van der Waals surface area contributed by atoms with E-state index in [4.69, 9.17) is 9.47 Å². The van der Waals surface area contributed by atoms with E-state index in [-0.39, 0.29) is 12.1 Å². The summed E-state index contributed by atoms with van der Waals surface area (Å²) in [6.07, 6.45) is 4.05. The summed E-state index contributed by atoms with van der Waals surface area (Å²) in [5.74, 6) is 1.58. The Bertz CT molecular complexity index is 386. The van der Waals surface area contributed by atoms with E-state index in [1.54, 1.807) is 14.2 Å². The third-order valence-corrected chi connectivity index (χ3v) is 3.71. The zero-order chi connectivity index (χ0) is 13.7. The third-order valence-electron chi connectivity index (χ3n) is 3.71. The van der Waals surface area contributed by atoms with Gasteiger partial charge in [0, 0.05) is 18.7 Å². The van der Waals surface area contributed by atoms with Gasteiger partial charge in [0.25, 0.3) is 0 Å². The highest BCUT2D eigenvalue weighted by atomic mass is 16.5. The molecule has 2 rings (SSSR count). The first-order chi connectivity index (χ1) is 9.22. The normalized spacial score (nSPS) is 23.1. The van der Waals surface area contributed by atoms with Crippen molar-refractivity contribution in [1.29, 1.82) is 0 Å². The molecule has 0 saturated heterocycles. The summed E-state index contributed by atoms with van der Waals surface area (Å²) in [4.78, 5) is 0. The molecular weight excluding hydrogens is 242 g/mol. The lowest BCUT2D eigenvalue weighted by Gasteiger charge is -2.28. The highest BCUT2D eigenvalue weighted by Crippen LogP contribution is 2.23. The fourth-order valence-corrected chi connectivity index (χ4v) is 2.57. The van der Waals surface area contributed by atoms with Crippen LogP contribution in [-0.2, 0) is 6.54 Å². The van der Waals surface area contributed by atoms with Crippen molar-refractivity contribution in [2.45, 2.75) is 44.4 Å². The topological polar surface area (TPSA) is 50.7 Å². The van der Waals surface area contributed by atoms with E-state index in [2.05, 4.69) is 5.32 Å². The lowest BCUT2D eigenvalue weighted by Crippen LogP contribution is -2.41. The lowest BCUT2D eigenvalue weighted by atomic mass is 9.92. The molecule has 106 valence electrons. The molecule has 1 aliphatic rings. The second kappa shape index (κ2) is 6.78. The van der Waals surface area contributed by atoms with Gasteiger partial charge in [-0.2, -0.15) is 0 Å². The Morgan fingerprint density at radius 1 is 1.11 bits per heavy atom. The van der Waals surface area contributed by atoms with Crippen molar-refractivity contribution in [3.8, 4) is 11.5 Å². The van der Waals surface area contributed by atoms with Crippen molar-refractivity contribution >= 4 is 0 Å². The molecule has 0 radical (unpaired) electrons. The van der Waals surface area contributed by atoms with Crippen LogP contribution in [0.15, 0.2) is 18.2 Å². The fraction of sp³-hybridized carbons (Fsp3) is 0.600. The van der Waals surface area contributed by atoms with Crippen molar-refractivity contribution < 1.29 is 14.6 Å². The number of rotatable bonds is 5. The predicted octanol–water partition coefficient (Wildman–Crippen LogP) is 2.10. The third kappa shape index (κ3) is 3.85. The zero-order valence-corrected chi connectivity index (χ0v) is 11.7. The minimum atomic E-state index is -0.221. The number of aliphatic hydroxyl groups is 1. The molecule has 2 atom stereocenters. The van der Waals surface area contributed by atoms with Crippen molar-refractivity contribution in [2.24, 2.45) is 0 Å². The van der Waals surface area contributed by atoms with E-state index in [0.29, 0.717) is 0 Å². The fourth-order valence-electron chi connectivity index (χ4n) is 2.57. The Morgan fingerprint density at radius 3 is 2.32 bits per heavy atom. The number of methoxy groups -OCH3 is 2. The quantitative estimate of drug-likeness (QED) is 0.856. The van der Waals surface area contributed by atoms with Crippen molar-refractivity contribution in [2.75, 3.05) is 14.2 Å². The second-order valence-corrected chi connectivity index (χ2v) is 5.06. The first-order valence-corrected chi connectivity index (χ1v) is 6.86. The standard InChI is InChI=1S/C15H23NO3/c1-18-12-7-11(8-13(9-12)19-2)10-16-14-5-3-4-6-15(14)17/h7-9,14-17H,3-6,10H2,1-2H3. The van der Waals surface area contributed by atoms with Gasteiger partial charge in [0.05, 0.1) is 20.3 Å². The Labute approximate surface area is 114 Å². The molecule has 0 aromatic heterocycles. The van der Waals surface area contributed by atoms with Crippen LogP contribution in [-0.4, -0.2) is 31.5 Å². The Hall–Kier alpha value is -1.26. The van der Waals surface area contributed by atoms with E-state index < -0.39 is 0 Å². The van der Waals surface area contributed by atoms with Gasteiger partial charge in [0.15, 0.2) is 0 Å². The van der Waals surface area contributed by atoms with Crippen LogP contribution in [0.1, 0.15) is 31.2 Å². The van der Waals surface area contributed by atoms with Crippen LogP contribution in [0.2, 0.25) is 0 Å². The van der Waals surface area contributed by atoms with Crippen LogP contribution in [0.4, 0.5) is 0 Å². The number of aliphatic hydroxyl groups excluding tert-OH is 1. The lowest BCUT2D eigenvalue weighted by molar-refractivity contribution is 0.0902. The smallest absolute Gasteiger partial charge is 0.122 e.